The Hall–Kier alpha value is -1.51. The van der Waals surface area contributed by atoms with Crippen molar-refractivity contribution in [1.82, 2.24) is 5.32 Å². The minimum Gasteiger partial charge on any atom is -0.434 e. The first-order valence-electron chi connectivity index (χ1n) is 8.01. The van der Waals surface area contributed by atoms with Crippen molar-refractivity contribution in [2.45, 2.75) is 45.5 Å². The van der Waals surface area contributed by atoms with Gasteiger partial charge in [0, 0.05) is 6.54 Å². The molecule has 0 atom stereocenters. The zero-order valence-corrected chi connectivity index (χ0v) is 15.0. The van der Waals surface area contributed by atoms with E-state index >= 15 is 0 Å². The maximum Gasteiger partial charge on any atom is 0.491 e. The lowest BCUT2D eigenvalue weighted by molar-refractivity contribution is -0.0501. The topological polar surface area (TPSA) is 39.7 Å². The number of hydrogen-bond donors (Lipinski definition) is 1. The largest absolute Gasteiger partial charge is 0.491 e. The molecule has 25 heavy (non-hydrogen) atoms. The Morgan fingerprint density at radius 3 is 2.36 bits per heavy atom. The highest BCUT2D eigenvalue weighted by Gasteiger charge is 2.52. The summed E-state index contributed by atoms with van der Waals surface area (Å²) in [4.78, 5) is 0. The molecule has 4 nitrogen and oxygen atoms in total. The van der Waals surface area contributed by atoms with Crippen LogP contribution in [0.5, 0.6) is 5.75 Å². The summed E-state index contributed by atoms with van der Waals surface area (Å²) in [5.41, 5.74) is -0.627. The standard InChI is InChI=1S/C17H23BF3NO3/c1-16(2)17(3,4)25-18(24-16)11(10-22-5)9-12-13(19)7-6-8-14(12)23-15(20)21/h6-9,15,22H,10H2,1-5H3. The van der Waals surface area contributed by atoms with Gasteiger partial charge in [0.15, 0.2) is 0 Å². The SMILES string of the molecule is CNCC(=Cc1c(F)cccc1OC(F)F)B1OC(C)(C)C(C)(C)O1. The van der Waals surface area contributed by atoms with E-state index in [-0.39, 0.29) is 11.3 Å². The van der Waals surface area contributed by atoms with Crippen molar-refractivity contribution >= 4 is 13.2 Å². The van der Waals surface area contributed by atoms with Gasteiger partial charge in [-0.1, -0.05) is 12.1 Å². The third-order valence-electron chi connectivity index (χ3n) is 4.50. The van der Waals surface area contributed by atoms with Crippen LogP contribution in [0.2, 0.25) is 0 Å². The number of hydrogen-bond acceptors (Lipinski definition) is 4. The number of rotatable bonds is 6. The van der Waals surface area contributed by atoms with Crippen LogP contribution in [-0.2, 0) is 9.31 Å². The second kappa shape index (κ2) is 7.39. The maximum atomic E-state index is 14.2. The minimum atomic E-state index is -3.04. The molecule has 1 N–H and O–H groups in total. The van der Waals surface area contributed by atoms with Crippen LogP contribution < -0.4 is 10.1 Å². The van der Waals surface area contributed by atoms with E-state index in [1.165, 1.54) is 24.3 Å². The summed E-state index contributed by atoms with van der Waals surface area (Å²) < 4.78 is 55.8. The molecule has 1 fully saturated rings. The van der Waals surface area contributed by atoms with Gasteiger partial charge in [-0.2, -0.15) is 8.78 Å². The van der Waals surface area contributed by atoms with Crippen molar-refractivity contribution < 1.29 is 27.2 Å². The molecule has 1 aromatic rings. The van der Waals surface area contributed by atoms with E-state index in [2.05, 4.69) is 10.1 Å². The highest BCUT2D eigenvalue weighted by Crippen LogP contribution is 2.39. The summed E-state index contributed by atoms with van der Waals surface area (Å²) in [6, 6.07) is 3.80. The fraction of sp³-hybridized carbons (Fsp3) is 0.529. The van der Waals surface area contributed by atoms with Gasteiger partial charge in [-0.3, -0.25) is 0 Å². The van der Waals surface area contributed by atoms with E-state index < -0.39 is 30.7 Å². The molecular weight excluding hydrogens is 334 g/mol. The van der Waals surface area contributed by atoms with E-state index in [9.17, 15) is 13.2 Å². The maximum absolute atomic E-state index is 14.2. The third kappa shape index (κ3) is 4.37. The highest BCUT2D eigenvalue weighted by atomic mass is 19.3. The van der Waals surface area contributed by atoms with Crippen molar-refractivity contribution in [1.29, 1.82) is 0 Å². The van der Waals surface area contributed by atoms with Gasteiger partial charge in [0.25, 0.3) is 0 Å². The normalized spacial score (nSPS) is 19.6. The first kappa shape index (κ1) is 19.8. The summed E-state index contributed by atoms with van der Waals surface area (Å²) in [7, 11) is 0.994. The molecule has 0 saturated carbocycles. The van der Waals surface area contributed by atoms with Crippen LogP contribution in [0.25, 0.3) is 6.08 Å². The average molecular weight is 357 g/mol. The number of nitrogens with one attached hydrogen (secondary N) is 1. The number of ether oxygens (including phenoxy) is 1. The molecule has 1 heterocycles. The number of benzene rings is 1. The molecule has 1 aliphatic rings. The highest BCUT2D eigenvalue weighted by molar-refractivity contribution is 6.56. The molecule has 0 amide bonds. The molecule has 138 valence electrons. The molecule has 0 aromatic heterocycles. The van der Waals surface area contributed by atoms with Crippen LogP contribution in [0.4, 0.5) is 13.2 Å². The Bertz CT molecular complexity index is 634. The van der Waals surface area contributed by atoms with Gasteiger partial charge in [0.2, 0.25) is 0 Å². The van der Waals surface area contributed by atoms with Crippen molar-refractivity contribution in [3.63, 3.8) is 0 Å². The second-order valence-corrected chi connectivity index (χ2v) is 6.87. The molecule has 0 spiro atoms. The first-order chi connectivity index (χ1) is 11.6. The van der Waals surface area contributed by atoms with Crippen molar-refractivity contribution in [3.8, 4) is 5.75 Å². The zero-order valence-electron chi connectivity index (χ0n) is 15.0. The van der Waals surface area contributed by atoms with E-state index in [1.54, 1.807) is 7.05 Å². The Balaban J connectivity index is 2.42. The average Bonchev–Trinajstić information content (AvgIpc) is 2.69. The number of likely N-dealkylation sites (N-methyl/N-ethyl adjacent to an activating group) is 1. The summed E-state index contributed by atoms with van der Waals surface area (Å²) in [5.74, 6) is -0.900. The van der Waals surface area contributed by atoms with E-state index in [4.69, 9.17) is 9.31 Å². The van der Waals surface area contributed by atoms with Crippen molar-refractivity contribution in [2.75, 3.05) is 13.6 Å². The molecule has 0 radical (unpaired) electrons. The molecule has 0 bridgehead atoms. The molecular formula is C17H23BF3NO3. The summed E-state index contributed by atoms with van der Waals surface area (Å²) in [5, 5.41) is 2.96. The van der Waals surface area contributed by atoms with E-state index in [0.717, 1.165) is 0 Å². The van der Waals surface area contributed by atoms with Gasteiger partial charge in [0.1, 0.15) is 11.6 Å². The Morgan fingerprint density at radius 2 is 1.84 bits per heavy atom. The molecule has 8 heteroatoms. The third-order valence-corrected chi connectivity index (χ3v) is 4.50. The van der Waals surface area contributed by atoms with Crippen LogP contribution in [0.3, 0.4) is 0 Å². The van der Waals surface area contributed by atoms with Gasteiger partial charge in [-0.15, -0.1) is 0 Å². The van der Waals surface area contributed by atoms with Gasteiger partial charge >= 0.3 is 13.7 Å². The van der Waals surface area contributed by atoms with Crippen LogP contribution in [0, 0.1) is 5.82 Å². The lowest BCUT2D eigenvalue weighted by Gasteiger charge is -2.32. The van der Waals surface area contributed by atoms with Crippen LogP contribution in [-0.4, -0.2) is 38.5 Å². The van der Waals surface area contributed by atoms with Gasteiger partial charge in [0.05, 0.1) is 16.8 Å². The predicted molar refractivity (Wildman–Crippen MR) is 91.0 cm³/mol. The lowest BCUT2D eigenvalue weighted by atomic mass is 9.77. The number of alkyl halides is 2. The van der Waals surface area contributed by atoms with Crippen molar-refractivity contribution in [3.05, 3.63) is 35.1 Å². The quantitative estimate of drug-likeness (QED) is 0.789. The van der Waals surface area contributed by atoms with Crippen molar-refractivity contribution in [2.24, 2.45) is 0 Å². The fourth-order valence-electron chi connectivity index (χ4n) is 2.44. The molecule has 2 rings (SSSR count). The van der Waals surface area contributed by atoms with E-state index in [1.807, 2.05) is 27.7 Å². The first-order valence-corrected chi connectivity index (χ1v) is 8.01. The smallest absolute Gasteiger partial charge is 0.434 e. The van der Waals surface area contributed by atoms with Gasteiger partial charge < -0.3 is 19.4 Å². The lowest BCUT2D eigenvalue weighted by Crippen LogP contribution is -2.41. The molecule has 0 aliphatic carbocycles. The van der Waals surface area contributed by atoms with Gasteiger partial charge in [-0.05, 0) is 52.3 Å². The van der Waals surface area contributed by atoms with Gasteiger partial charge in [-0.25, -0.2) is 4.39 Å². The Morgan fingerprint density at radius 1 is 1.24 bits per heavy atom. The molecule has 1 saturated heterocycles. The van der Waals surface area contributed by atoms with E-state index in [0.29, 0.717) is 12.0 Å². The molecule has 1 aliphatic heterocycles. The summed E-state index contributed by atoms with van der Waals surface area (Å²) in [6.45, 7) is 4.89. The predicted octanol–water partition coefficient (Wildman–Crippen LogP) is 3.66. The van der Waals surface area contributed by atoms with Crippen LogP contribution in [0.1, 0.15) is 33.3 Å². The fourth-order valence-corrected chi connectivity index (χ4v) is 2.44. The number of halogens is 3. The monoisotopic (exact) mass is 357 g/mol. The summed E-state index contributed by atoms with van der Waals surface area (Å²) in [6.07, 6.45) is 1.44. The minimum absolute atomic E-state index is 0.0669. The summed E-state index contributed by atoms with van der Waals surface area (Å²) >= 11 is 0. The molecule has 1 aromatic carbocycles. The Labute approximate surface area is 146 Å². The molecule has 0 unspecified atom stereocenters. The van der Waals surface area contributed by atoms with Crippen LogP contribution in [0.15, 0.2) is 23.7 Å². The zero-order chi connectivity index (χ0) is 18.8. The van der Waals surface area contributed by atoms with Crippen LogP contribution >= 0.6 is 0 Å². The Kier molecular flexibility index (Phi) is 5.86. The second-order valence-electron chi connectivity index (χ2n) is 6.87.